The van der Waals surface area contributed by atoms with Crippen molar-refractivity contribution in [1.82, 2.24) is 4.98 Å². The number of rotatable bonds is 2. The molecule has 0 saturated carbocycles. The van der Waals surface area contributed by atoms with Gasteiger partial charge in [0.25, 0.3) is 5.69 Å². The summed E-state index contributed by atoms with van der Waals surface area (Å²) in [5, 5.41) is 14.1. The number of hydrogen-bond acceptors (Lipinski definition) is 4. The zero-order chi connectivity index (χ0) is 13.3. The lowest BCUT2D eigenvalue weighted by atomic mass is 10.1. The first kappa shape index (κ1) is 12.0. The van der Waals surface area contributed by atoms with Crippen LogP contribution in [-0.2, 0) is 4.79 Å². The first-order valence-corrected chi connectivity index (χ1v) is 5.31. The number of carbonyl (C=O) groups is 1. The molecule has 2 rings (SSSR count). The van der Waals surface area contributed by atoms with Gasteiger partial charge in [-0.3, -0.25) is 19.9 Å². The molecular formula is C12H11N3O3. The molecule has 1 aromatic heterocycles. The molecule has 0 atom stereocenters. The number of nitrogens with zero attached hydrogens (tertiary/aromatic N) is 2. The van der Waals surface area contributed by atoms with Gasteiger partial charge in [0.15, 0.2) is 0 Å². The number of anilines is 1. The van der Waals surface area contributed by atoms with Gasteiger partial charge in [0.05, 0.1) is 10.4 Å². The second kappa shape index (κ2) is 4.40. The number of aromatic nitrogens is 1. The molecule has 1 amide bonds. The number of fused-ring (bicyclic) bond motifs is 1. The zero-order valence-corrected chi connectivity index (χ0v) is 9.93. The van der Waals surface area contributed by atoms with Crippen LogP contribution in [-0.4, -0.2) is 15.8 Å². The minimum atomic E-state index is -0.509. The van der Waals surface area contributed by atoms with Crippen LogP contribution < -0.4 is 5.32 Å². The lowest BCUT2D eigenvalue weighted by molar-refractivity contribution is -0.383. The summed E-state index contributed by atoms with van der Waals surface area (Å²) in [6.45, 7) is 3.06. The predicted molar refractivity (Wildman–Crippen MR) is 67.4 cm³/mol. The fourth-order valence-corrected chi connectivity index (χ4v) is 1.86. The molecule has 6 heteroatoms. The third kappa shape index (κ3) is 2.00. The summed E-state index contributed by atoms with van der Waals surface area (Å²) < 4.78 is 0. The number of pyridine rings is 1. The van der Waals surface area contributed by atoms with E-state index in [1.54, 1.807) is 25.3 Å². The van der Waals surface area contributed by atoms with Gasteiger partial charge in [0.2, 0.25) is 5.91 Å². The average molecular weight is 245 g/mol. The Morgan fingerprint density at radius 2 is 2.22 bits per heavy atom. The van der Waals surface area contributed by atoms with Crippen LogP contribution in [0.2, 0.25) is 0 Å². The van der Waals surface area contributed by atoms with Crippen LogP contribution in [0.5, 0.6) is 0 Å². The lowest BCUT2D eigenvalue weighted by Gasteiger charge is -2.09. The molecule has 1 N–H and O–H groups in total. The van der Waals surface area contributed by atoms with Crippen molar-refractivity contribution in [3.63, 3.8) is 0 Å². The SMILES string of the molecule is CC(=O)Nc1c([N+](=O)[O-])cc(C)c2ncccc12. The molecule has 0 aliphatic rings. The Morgan fingerprint density at radius 1 is 1.50 bits per heavy atom. The molecular weight excluding hydrogens is 234 g/mol. The number of benzene rings is 1. The first-order valence-electron chi connectivity index (χ1n) is 5.31. The molecule has 0 fully saturated rings. The second-order valence-corrected chi connectivity index (χ2v) is 3.93. The van der Waals surface area contributed by atoms with Gasteiger partial charge in [-0.2, -0.15) is 0 Å². The molecule has 0 aliphatic carbocycles. The third-order valence-electron chi connectivity index (χ3n) is 2.56. The summed E-state index contributed by atoms with van der Waals surface area (Å²) in [7, 11) is 0. The van der Waals surface area contributed by atoms with Crippen molar-refractivity contribution in [1.29, 1.82) is 0 Å². The molecule has 18 heavy (non-hydrogen) atoms. The van der Waals surface area contributed by atoms with Gasteiger partial charge >= 0.3 is 0 Å². The van der Waals surface area contributed by atoms with Gasteiger partial charge in [-0.1, -0.05) is 0 Å². The number of aryl methyl sites for hydroxylation is 1. The summed E-state index contributed by atoms with van der Waals surface area (Å²) in [5.74, 6) is -0.355. The van der Waals surface area contributed by atoms with Gasteiger partial charge in [-0.25, -0.2) is 0 Å². The maximum absolute atomic E-state index is 11.2. The van der Waals surface area contributed by atoms with E-state index < -0.39 is 4.92 Å². The fourth-order valence-electron chi connectivity index (χ4n) is 1.86. The number of nitro groups is 1. The van der Waals surface area contributed by atoms with E-state index in [-0.39, 0.29) is 17.3 Å². The molecule has 92 valence electrons. The van der Waals surface area contributed by atoms with Crippen LogP contribution >= 0.6 is 0 Å². The molecule has 6 nitrogen and oxygen atoms in total. The van der Waals surface area contributed by atoms with Crippen LogP contribution in [0.25, 0.3) is 10.9 Å². The van der Waals surface area contributed by atoms with Crippen molar-refractivity contribution in [2.45, 2.75) is 13.8 Å². The smallest absolute Gasteiger partial charge is 0.293 e. The second-order valence-electron chi connectivity index (χ2n) is 3.93. The Morgan fingerprint density at radius 3 is 2.83 bits per heavy atom. The minimum Gasteiger partial charge on any atom is -0.320 e. The molecule has 2 aromatic rings. The maximum atomic E-state index is 11.2. The van der Waals surface area contributed by atoms with Crippen LogP contribution in [0.15, 0.2) is 24.4 Å². The van der Waals surface area contributed by atoms with Gasteiger partial charge < -0.3 is 5.32 Å². The summed E-state index contributed by atoms with van der Waals surface area (Å²) in [4.78, 5) is 25.9. The monoisotopic (exact) mass is 245 g/mol. The van der Waals surface area contributed by atoms with Crippen molar-refractivity contribution in [3.05, 3.63) is 40.1 Å². The fraction of sp³-hybridized carbons (Fsp3) is 0.167. The van der Waals surface area contributed by atoms with Gasteiger partial charge in [0, 0.05) is 24.6 Å². The van der Waals surface area contributed by atoms with E-state index >= 15 is 0 Å². The summed E-state index contributed by atoms with van der Waals surface area (Å²) in [6, 6.07) is 4.80. The average Bonchev–Trinajstić information content (AvgIpc) is 2.32. The van der Waals surface area contributed by atoms with E-state index in [1.807, 2.05) is 0 Å². The van der Waals surface area contributed by atoms with Crippen molar-refractivity contribution < 1.29 is 9.72 Å². The Bertz CT molecular complexity index is 652. The van der Waals surface area contributed by atoms with Crippen molar-refractivity contribution >= 4 is 28.2 Å². The Labute approximate surface area is 103 Å². The highest BCUT2D eigenvalue weighted by molar-refractivity contribution is 6.05. The lowest BCUT2D eigenvalue weighted by Crippen LogP contribution is -2.09. The van der Waals surface area contributed by atoms with E-state index in [9.17, 15) is 14.9 Å². The molecule has 0 spiro atoms. The number of amides is 1. The molecule has 1 aromatic carbocycles. The molecule has 0 unspecified atom stereocenters. The van der Waals surface area contributed by atoms with Crippen LogP contribution in [0.1, 0.15) is 12.5 Å². The quantitative estimate of drug-likeness (QED) is 0.650. The number of carbonyl (C=O) groups excluding carboxylic acids is 1. The number of nitrogens with one attached hydrogen (secondary N) is 1. The highest BCUT2D eigenvalue weighted by Gasteiger charge is 2.20. The van der Waals surface area contributed by atoms with Crippen molar-refractivity contribution in [2.24, 2.45) is 0 Å². The minimum absolute atomic E-state index is 0.122. The third-order valence-corrected chi connectivity index (χ3v) is 2.56. The largest absolute Gasteiger partial charge is 0.320 e. The van der Waals surface area contributed by atoms with Gasteiger partial charge in [0.1, 0.15) is 5.69 Å². The van der Waals surface area contributed by atoms with Gasteiger partial charge in [-0.05, 0) is 24.6 Å². The summed E-state index contributed by atoms with van der Waals surface area (Å²) >= 11 is 0. The van der Waals surface area contributed by atoms with Gasteiger partial charge in [-0.15, -0.1) is 0 Å². The predicted octanol–water partition coefficient (Wildman–Crippen LogP) is 2.41. The maximum Gasteiger partial charge on any atom is 0.293 e. The summed E-state index contributed by atoms with van der Waals surface area (Å²) in [6.07, 6.45) is 1.61. The molecule has 0 radical (unpaired) electrons. The Kier molecular flexibility index (Phi) is 2.93. The highest BCUT2D eigenvalue weighted by Crippen LogP contribution is 2.34. The van der Waals surface area contributed by atoms with E-state index in [2.05, 4.69) is 10.3 Å². The topological polar surface area (TPSA) is 85.1 Å². The normalized spacial score (nSPS) is 10.3. The van der Waals surface area contributed by atoms with E-state index in [1.165, 1.54) is 13.0 Å². The van der Waals surface area contributed by atoms with Crippen LogP contribution in [0.4, 0.5) is 11.4 Å². The highest BCUT2D eigenvalue weighted by atomic mass is 16.6. The molecule has 1 heterocycles. The number of nitro benzene ring substituents is 1. The van der Waals surface area contributed by atoms with Crippen molar-refractivity contribution in [3.8, 4) is 0 Å². The van der Waals surface area contributed by atoms with Crippen LogP contribution in [0.3, 0.4) is 0 Å². The van der Waals surface area contributed by atoms with Crippen LogP contribution in [0, 0.1) is 17.0 Å². The number of hydrogen-bond donors (Lipinski definition) is 1. The Hall–Kier alpha value is -2.50. The van der Waals surface area contributed by atoms with E-state index in [0.717, 1.165) is 0 Å². The zero-order valence-electron chi connectivity index (χ0n) is 9.93. The molecule has 0 saturated heterocycles. The van der Waals surface area contributed by atoms with Crippen molar-refractivity contribution in [2.75, 3.05) is 5.32 Å². The van der Waals surface area contributed by atoms with E-state index in [0.29, 0.717) is 16.5 Å². The first-order chi connectivity index (χ1) is 8.50. The summed E-state index contributed by atoms with van der Waals surface area (Å²) in [5.41, 5.74) is 1.42. The molecule has 0 aliphatic heterocycles. The van der Waals surface area contributed by atoms with E-state index in [4.69, 9.17) is 0 Å². The Balaban J connectivity index is 2.83. The standard InChI is InChI=1S/C12H11N3O3/c1-7-6-10(15(17)18)12(14-8(2)16)9-4-3-5-13-11(7)9/h3-6H,1-2H3,(H,14,16). The molecule has 0 bridgehead atoms.